The molecule has 31 heavy (non-hydrogen) atoms. The molecule has 2 N–H and O–H groups in total. The van der Waals surface area contributed by atoms with E-state index < -0.39 is 23.6 Å². The summed E-state index contributed by atoms with van der Waals surface area (Å²) in [5, 5.41) is 32.3. The summed E-state index contributed by atoms with van der Waals surface area (Å²) in [6, 6.07) is 13.2. The number of nitrogens with zero attached hydrogens (tertiary/aromatic N) is 4. The molecule has 2 aromatic rings. The molecule has 0 aromatic heterocycles. The van der Waals surface area contributed by atoms with Gasteiger partial charge in [0.25, 0.3) is 5.91 Å². The van der Waals surface area contributed by atoms with Gasteiger partial charge in [-0.25, -0.2) is 9.69 Å². The number of benzene rings is 2. The molecule has 0 heterocycles. The highest BCUT2D eigenvalue weighted by Crippen LogP contribution is 2.38. The third-order valence-electron chi connectivity index (χ3n) is 4.10. The predicted molar refractivity (Wildman–Crippen MR) is 117 cm³/mol. The monoisotopic (exact) mass is 477 g/mol. The average Bonchev–Trinajstić information content (AvgIpc) is 2.72. The van der Waals surface area contributed by atoms with E-state index in [1.54, 1.807) is 30.3 Å². The fourth-order valence-electron chi connectivity index (χ4n) is 2.62. The number of nitriles is 2. The molecule has 0 fully saturated rings. The Balaban J connectivity index is 2.35. The van der Waals surface area contributed by atoms with Crippen LogP contribution in [0.1, 0.15) is 24.0 Å². The summed E-state index contributed by atoms with van der Waals surface area (Å²) < 4.78 is 0. The quantitative estimate of drug-likeness (QED) is 0.438. The minimum Gasteiger partial charge on any atom is -0.465 e. The van der Waals surface area contributed by atoms with Crippen molar-refractivity contribution in [3.8, 4) is 12.1 Å². The maximum absolute atomic E-state index is 12.1. The summed E-state index contributed by atoms with van der Waals surface area (Å²) >= 11 is 18.6. The first-order valence-corrected chi connectivity index (χ1v) is 9.79. The van der Waals surface area contributed by atoms with Crippen molar-refractivity contribution in [3.05, 3.63) is 62.6 Å². The second-order valence-electron chi connectivity index (χ2n) is 5.98. The molecule has 0 aliphatic rings. The number of hydrogen-bond acceptors (Lipinski definition) is 6. The van der Waals surface area contributed by atoms with E-state index in [-0.39, 0.29) is 22.3 Å². The molecule has 0 saturated heterocycles. The molecule has 0 radical (unpaired) electrons. The van der Waals surface area contributed by atoms with Gasteiger partial charge in [-0.05, 0) is 36.8 Å². The highest BCUT2D eigenvalue weighted by Gasteiger charge is 2.24. The van der Waals surface area contributed by atoms with E-state index in [4.69, 9.17) is 45.2 Å². The number of imide groups is 1. The molecule has 0 saturated carbocycles. The van der Waals surface area contributed by atoms with Crippen LogP contribution >= 0.6 is 34.8 Å². The summed E-state index contributed by atoms with van der Waals surface area (Å²) in [7, 11) is 0. The van der Waals surface area contributed by atoms with Crippen molar-refractivity contribution in [1.29, 1.82) is 10.5 Å². The number of carboxylic acid groups (broad SMARTS) is 1. The second-order valence-corrected chi connectivity index (χ2v) is 7.23. The first kappa shape index (κ1) is 24.0. The summed E-state index contributed by atoms with van der Waals surface area (Å²) in [6.07, 6.45) is -1.50. The van der Waals surface area contributed by atoms with Crippen molar-refractivity contribution in [2.75, 3.05) is 12.0 Å². The molecule has 0 bridgehead atoms. The van der Waals surface area contributed by atoms with Crippen LogP contribution in [0.3, 0.4) is 0 Å². The van der Waals surface area contributed by atoms with Crippen molar-refractivity contribution in [2.24, 2.45) is 5.10 Å². The Labute approximate surface area is 192 Å². The lowest BCUT2D eigenvalue weighted by atomic mass is 9.92. The average molecular weight is 479 g/mol. The molecule has 2 rings (SSSR count). The largest absolute Gasteiger partial charge is 0.465 e. The molecule has 2 aromatic carbocycles. The summed E-state index contributed by atoms with van der Waals surface area (Å²) in [4.78, 5) is 23.6. The zero-order valence-corrected chi connectivity index (χ0v) is 18.2. The van der Waals surface area contributed by atoms with Crippen LogP contribution in [0.2, 0.25) is 15.1 Å². The third kappa shape index (κ3) is 5.65. The second kappa shape index (κ2) is 10.6. The first-order valence-electron chi connectivity index (χ1n) is 8.66. The molecule has 0 spiro atoms. The Morgan fingerprint density at radius 2 is 1.74 bits per heavy atom. The van der Waals surface area contributed by atoms with E-state index in [1.807, 2.05) is 0 Å². The van der Waals surface area contributed by atoms with Crippen LogP contribution in [0.25, 0.3) is 0 Å². The summed E-state index contributed by atoms with van der Waals surface area (Å²) in [6.45, 7) is 1.29. The van der Waals surface area contributed by atoms with Crippen LogP contribution in [0.15, 0.2) is 41.5 Å². The fourth-order valence-corrected chi connectivity index (χ4v) is 3.45. The van der Waals surface area contributed by atoms with E-state index in [0.717, 1.165) is 0 Å². The van der Waals surface area contributed by atoms with Crippen LogP contribution in [-0.2, 0) is 4.79 Å². The summed E-state index contributed by atoms with van der Waals surface area (Å²) in [5.41, 5.74) is 3.02. The third-order valence-corrected chi connectivity index (χ3v) is 4.98. The molecule has 0 aliphatic heterocycles. The SMILES string of the molecule is CCN(C(=O)O)C(=O)/C(C#N)=N/Nc1cc(Cl)c(C(C#N)c2ccc(Cl)cc2)c(Cl)c1. The molecule has 1 atom stereocenters. The van der Waals surface area contributed by atoms with Crippen LogP contribution in [0.4, 0.5) is 10.5 Å². The van der Waals surface area contributed by atoms with Gasteiger partial charge in [-0.2, -0.15) is 15.6 Å². The van der Waals surface area contributed by atoms with Gasteiger partial charge < -0.3 is 5.11 Å². The number of rotatable bonds is 6. The first-order chi connectivity index (χ1) is 14.7. The highest BCUT2D eigenvalue weighted by atomic mass is 35.5. The van der Waals surface area contributed by atoms with Crippen molar-refractivity contribution >= 4 is 58.2 Å². The van der Waals surface area contributed by atoms with Gasteiger partial charge in [-0.1, -0.05) is 46.9 Å². The van der Waals surface area contributed by atoms with E-state index >= 15 is 0 Å². The standard InChI is InChI=1S/C20H14Cl3N5O3/c1-2-28(20(30)31)19(29)17(10-25)27-26-13-7-15(22)18(16(23)8-13)14(9-24)11-3-5-12(21)6-4-11/h3-8,14,26H,2H2,1H3,(H,30,31)/b27-17+. The van der Waals surface area contributed by atoms with Gasteiger partial charge in [0.2, 0.25) is 5.71 Å². The van der Waals surface area contributed by atoms with E-state index in [0.29, 0.717) is 21.0 Å². The van der Waals surface area contributed by atoms with Gasteiger partial charge in [0, 0.05) is 27.2 Å². The minimum absolute atomic E-state index is 0.150. The maximum Gasteiger partial charge on any atom is 0.414 e. The lowest BCUT2D eigenvalue weighted by Crippen LogP contribution is -2.40. The van der Waals surface area contributed by atoms with Crippen molar-refractivity contribution in [2.45, 2.75) is 12.8 Å². The van der Waals surface area contributed by atoms with Gasteiger partial charge in [0.15, 0.2) is 0 Å². The molecule has 1 unspecified atom stereocenters. The van der Waals surface area contributed by atoms with Crippen molar-refractivity contribution < 1.29 is 14.7 Å². The Bertz CT molecular complexity index is 1100. The Hall–Kier alpha value is -3.30. The van der Waals surface area contributed by atoms with Gasteiger partial charge in [-0.3, -0.25) is 10.2 Å². The predicted octanol–water partition coefficient (Wildman–Crippen LogP) is 5.12. The number of anilines is 1. The van der Waals surface area contributed by atoms with Gasteiger partial charge >= 0.3 is 6.09 Å². The van der Waals surface area contributed by atoms with Crippen LogP contribution < -0.4 is 5.43 Å². The van der Waals surface area contributed by atoms with Crippen molar-refractivity contribution in [3.63, 3.8) is 0 Å². The van der Waals surface area contributed by atoms with Gasteiger partial charge in [0.05, 0.1) is 17.7 Å². The number of hydrazone groups is 1. The number of carbonyl (C=O) groups excluding carboxylic acids is 1. The number of amides is 2. The number of carbonyl (C=O) groups is 2. The van der Waals surface area contributed by atoms with E-state index in [9.17, 15) is 14.9 Å². The molecule has 158 valence electrons. The summed E-state index contributed by atoms with van der Waals surface area (Å²) in [5.74, 6) is -1.84. The number of hydrogen-bond donors (Lipinski definition) is 2. The van der Waals surface area contributed by atoms with E-state index in [2.05, 4.69) is 16.6 Å². The number of nitrogens with one attached hydrogen (secondary N) is 1. The van der Waals surface area contributed by atoms with Crippen LogP contribution in [-0.4, -0.2) is 34.3 Å². The molecular weight excluding hydrogens is 465 g/mol. The molecular formula is C20H14Cl3N5O3. The molecule has 8 nitrogen and oxygen atoms in total. The molecule has 2 amide bonds. The molecule has 0 aliphatic carbocycles. The Kier molecular flexibility index (Phi) is 8.23. The fraction of sp³-hybridized carbons (Fsp3) is 0.150. The van der Waals surface area contributed by atoms with Crippen molar-refractivity contribution in [1.82, 2.24) is 4.90 Å². The lowest BCUT2D eigenvalue weighted by molar-refractivity contribution is -0.121. The maximum atomic E-state index is 12.1. The molecule has 11 heteroatoms. The zero-order valence-electron chi connectivity index (χ0n) is 15.9. The van der Waals surface area contributed by atoms with Gasteiger partial charge in [0.1, 0.15) is 6.07 Å². The van der Waals surface area contributed by atoms with Crippen LogP contribution in [0.5, 0.6) is 0 Å². The zero-order chi connectivity index (χ0) is 23.1. The van der Waals surface area contributed by atoms with Crippen LogP contribution in [0, 0.1) is 22.7 Å². The number of halogens is 3. The van der Waals surface area contributed by atoms with Gasteiger partial charge in [-0.15, -0.1) is 0 Å². The lowest BCUT2D eigenvalue weighted by Gasteiger charge is -2.16. The Morgan fingerprint density at radius 1 is 1.16 bits per heavy atom. The minimum atomic E-state index is -1.50. The topological polar surface area (TPSA) is 130 Å². The smallest absolute Gasteiger partial charge is 0.414 e. The highest BCUT2D eigenvalue weighted by molar-refractivity contribution is 6.46. The normalized spacial score (nSPS) is 11.7. The Morgan fingerprint density at radius 3 is 2.19 bits per heavy atom. The van der Waals surface area contributed by atoms with E-state index in [1.165, 1.54) is 19.1 Å².